The maximum Gasteiger partial charge on any atom is 0.275 e. The molecule has 3 rings (SSSR count). The fourth-order valence-corrected chi connectivity index (χ4v) is 2.61. The first-order valence-corrected chi connectivity index (χ1v) is 8.21. The van der Waals surface area contributed by atoms with E-state index in [1.165, 1.54) is 0 Å². The van der Waals surface area contributed by atoms with Crippen LogP contribution >= 0.6 is 0 Å². The highest BCUT2D eigenvalue weighted by Gasteiger charge is 2.22. The number of carbonyl (C=O) groups excluding carboxylic acids is 1. The van der Waals surface area contributed by atoms with Gasteiger partial charge in [-0.1, -0.05) is 12.1 Å². The summed E-state index contributed by atoms with van der Waals surface area (Å²) in [5.74, 6) is 2.16. The Morgan fingerprint density at radius 1 is 1.08 bits per heavy atom. The largest absolute Gasteiger partial charge is 0.494 e. The molecular formula is C20H20N2O4. The Bertz CT molecular complexity index is 887. The molecule has 2 aromatic carbocycles. The minimum atomic E-state index is -0.253. The molecule has 6 heteroatoms. The highest BCUT2D eigenvalue weighted by molar-refractivity contribution is 6.19. The zero-order valence-corrected chi connectivity index (χ0v) is 14.9. The van der Waals surface area contributed by atoms with Gasteiger partial charge in [0.05, 0.1) is 20.8 Å². The molecule has 1 aliphatic heterocycles. The number of hydrogen-bond acceptors (Lipinski definition) is 5. The molecular weight excluding hydrogens is 332 g/mol. The molecule has 6 nitrogen and oxygen atoms in total. The van der Waals surface area contributed by atoms with E-state index in [4.69, 9.17) is 14.2 Å². The lowest BCUT2D eigenvalue weighted by Crippen LogP contribution is -2.24. The smallest absolute Gasteiger partial charge is 0.275 e. The minimum Gasteiger partial charge on any atom is -0.494 e. The van der Waals surface area contributed by atoms with Gasteiger partial charge in [-0.05, 0) is 48.9 Å². The molecule has 2 aromatic rings. The van der Waals surface area contributed by atoms with Crippen molar-refractivity contribution in [1.29, 1.82) is 0 Å². The highest BCUT2D eigenvalue weighted by atomic mass is 16.5. The summed E-state index contributed by atoms with van der Waals surface area (Å²) in [4.78, 5) is 16.7. The number of nitrogens with zero attached hydrogens (tertiary/aromatic N) is 1. The second-order valence-electron chi connectivity index (χ2n) is 5.52. The van der Waals surface area contributed by atoms with Gasteiger partial charge >= 0.3 is 0 Å². The van der Waals surface area contributed by atoms with E-state index < -0.39 is 0 Å². The molecule has 0 atom stereocenters. The van der Waals surface area contributed by atoms with Crippen molar-refractivity contribution in [2.45, 2.75) is 6.92 Å². The zero-order chi connectivity index (χ0) is 18.5. The molecule has 26 heavy (non-hydrogen) atoms. The van der Waals surface area contributed by atoms with E-state index in [9.17, 15) is 4.79 Å². The van der Waals surface area contributed by atoms with Gasteiger partial charge in [0.25, 0.3) is 5.91 Å². The molecule has 134 valence electrons. The third-order valence-corrected chi connectivity index (χ3v) is 3.83. The van der Waals surface area contributed by atoms with Crippen LogP contribution in [0.1, 0.15) is 18.1 Å². The van der Waals surface area contributed by atoms with Crippen molar-refractivity contribution >= 4 is 17.8 Å². The lowest BCUT2D eigenvalue weighted by Gasteiger charge is -2.09. The Balaban J connectivity index is 1.90. The molecule has 1 N–H and O–H groups in total. The number of rotatable bonds is 6. The molecule has 0 unspecified atom stereocenters. The number of carbonyl (C=O) groups is 1. The number of amides is 1. The lowest BCUT2D eigenvalue weighted by molar-refractivity contribution is -0.115. The van der Waals surface area contributed by atoms with Crippen LogP contribution in [0.4, 0.5) is 0 Å². The molecule has 0 spiro atoms. The van der Waals surface area contributed by atoms with Crippen LogP contribution in [0.2, 0.25) is 0 Å². The monoisotopic (exact) mass is 352 g/mol. The first kappa shape index (κ1) is 17.5. The molecule has 1 amide bonds. The Morgan fingerprint density at radius 2 is 1.88 bits per heavy atom. The molecule has 0 aromatic heterocycles. The Labute approximate surface area is 152 Å². The van der Waals surface area contributed by atoms with Crippen molar-refractivity contribution in [3.8, 4) is 17.2 Å². The van der Waals surface area contributed by atoms with Crippen LogP contribution in [0.25, 0.3) is 6.08 Å². The number of aliphatic imine (C=N–C) groups is 1. The average Bonchev–Trinajstić information content (AvgIpc) is 3.02. The normalized spacial score (nSPS) is 14.8. The van der Waals surface area contributed by atoms with Gasteiger partial charge in [0.1, 0.15) is 17.3 Å². The van der Waals surface area contributed by atoms with Gasteiger partial charge in [-0.15, -0.1) is 0 Å². The van der Waals surface area contributed by atoms with E-state index in [0.717, 1.165) is 16.9 Å². The van der Waals surface area contributed by atoms with Gasteiger partial charge in [0, 0.05) is 5.56 Å². The van der Waals surface area contributed by atoms with Crippen molar-refractivity contribution in [2.24, 2.45) is 4.99 Å². The van der Waals surface area contributed by atoms with Gasteiger partial charge in [0.15, 0.2) is 11.5 Å². The predicted molar refractivity (Wildman–Crippen MR) is 99.8 cm³/mol. The first-order valence-electron chi connectivity index (χ1n) is 8.21. The SMILES string of the molecule is CCOc1cccc(/C=C2/N=C(c3ccc(OC)c(OC)c3)NC2=O)c1. The molecule has 0 aliphatic carbocycles. The van der Waals surface area contributed by atoms with Crippen molar-refractivity contribution in [3.05, 3.63) is 59.3 Å². The number of benzene rings is 2. The first-order chi connectivity index (χ1) is 12.6. The summed E-state index contributed by atoms with van der Waals surface area (Å²) in [5, 5.41) is 2.78. The van der Waals surface area contributed by atoms with Crippen molar-refractivity contribution in [2.75, 3.05) is 20.8 Å². The van der Waals surface area contributed by atoms with E-state index in [1.807, 2.05) is 37.3 Å². The minimum absolute atomic E-state index is 0.253. The molecule has 0 radical (unpaired) electrons. The topological polar surface area (TPSA) is 69.2 Å². The van der Waals surface area contributed by atoms with Gasteiger partial charge in [-0.25, -0.2) is 4.99 Å². The van der Waals surface area contributed by atoms with E-state index in [0.29, 0.717) is 29.6 Å². The number of ether oxygens (including phenoxy) is 3. The van der Waals surface area contributed by atoms with Gasteiger partial charge < -0.3 is 19.5 Å². The third-order valence-electron chi connectivity index (χ3n) is 3.83. The molecule has 0 saturated heterocycles. The Kier molecular flexibility index (Phi) is 5.22. The quantitative estimate of drug-likeness (QED) is 0.812. The summed E-state index contributed by atoms with van der Waals surface area (Å²) in [6, 6.07) is 12.9. The van der Waals surface area contributed by atoms with Crippen molar-refractivity contribution in [3.63, 3.8) is 0 Å². The van der Waals surface area contributed by atoms with Gasteiger partial charge in [0.2, 0.25) is 0 Å². The van der Waals surface area contributed by atoms with Crippen LogP contribution in [-0.4, -0.2) is 32.6 Å². The standard InChI is InChI=1S/C20H20N2O4/c1-4-26-15-7-5-6-13(10-15)11-16-20(23)22-19(21-16)14-8-9-17(24-2)18(12-14)25-3/h5-12H,4H2,1-3H3,(H,21,22,23)/b16-11+. The fourth-order valence-electron chi connectivity index (χ4n) is 2.61. The van der Waals surface area contributed by atoms with Crippen LogP contribution in [0.5, 0.6) is 17.2 Å². The summed E-state index contributed by atoms with van der Waals surface area (Å²) in [6.45, 7) is 2.51. The Morgan fingerprint density at radius 3 is 2.62 bits per heavy atom. The van der Waals surface area contributed by atoms with Gasteiger partial charge in [-0.2, -0.15) is 0 Å². The molecule has 1 heterocycles. The van der Waals surface area contributed by atoms with Crippen molar-refractivity contribution in [1.82, 2.24) is 5.32 Å². The highest BCUT2D eigenvalue weighted by Crippen LogP contribution is 2.28. The maximum atomic E-state index is 12.3. The van der Waals surface area contributed by atoms with Crippen LogP contribution < -0.4 is 19.5 Å². The number of amidine groups is 1. The molecule has 0 saturated carbocycles. The van der Waals surface area contributed by atoms with E-state index in [-0.39, 0.29) is 5.91 Å². The Hall–Kier alpha value is -3.28. The number of methoxy groups -OCH3 is 2. The van der Waals surface area contributed by atoms with E-state index in [2.05, 4.69) is 10.3 Å². The number of hydrogen-bond donors (Lipinski definition) is 1. The van der Waals surface area contributed by atoms with Crippen LogP contribution in [-0.2, 0) is 4.79 Å². The summed E-state index contributed by atoms with van der Waals surface area (Å²) in [5.41, 5.74) is 1.92. The van der Waals surface area contributed by atoms with Crippen LogP contribution in [0, 0.1) is 0 Å². The molecule has 0 fully saturated rings. The van der Waals surface area contributed by atoms with E-state index >= 15 is 0 Å². The van der Waals surface area contributed by atoms with Gasteiger partial charge in [-0.3, -0.25) is 4.79 Å². The summed E-state index contributed by atoms with van der Waals surface area (Å²) < 4.78 is 16.0. The predicted octanol–water partition coefficient (Wildman–Crippen LogP) is 3.02. The summed E-state index contributed by atoms with van der Waals surface area (Å²) in [7, 11) is 3.14. The van der Waals surface area contributed by atoms with Crippen LogP contribution in [0.3, 0.4) is 0 Å². The molecule has 1 aliphatic rings. The lowest BCUT2D eigenvalue weighted by atomic mass is 10.2. The third kappa shape index (κ3) is 3.69. The average molecular weight is 352 g/mol. The zero-order valence-electron chi connectivity index (χ0n) is 14.9. The number of nitrogens with one attached hydrogen (secondary N) is 1. The van der Waals surface area contributed by atoms with Crippen molar-refractivity contribution < 1.29 is 19.0 Å². The van der Waals surface area contributed by atoms with E-state index in [1.54, 1.807) is 32.4 Å². The van der Waals surface area contributed by atoms with Crippen LogP contribution in [0.15, 0.2) is 53.2 Å². The maximum absolute atomic E-state index is 12.3. The fraction of sp³-hybridized carbons (Fsp3) is 0.200. The summed E-state index contributed by atoms with van der Waals surface area (Å²) >= 11 is 0. The summed E-state index contributed by atoms with van der Waals surface area (Å²) in [6.07, 6.45) is 1.73. The second-order valence-corrected chi connectivity index (χ2v) is 5.52. The molecule has 0 bridgehead atoms. The second kappa shape index (κ2) is 7.74.